The molecule has 0 saturated carbocycles. The van der Waals surface area contributed by atoms with E-state index in [2.05, 4.69) is 27.0 Å². The van der Waals surface area contributed by atoms with E-state index in [1.165, 1.54) is 0 Å². The summed E-state index contributed by atoms with van der Waals surface area (Å²) in [6.45, 7) is 4.03. The van der Waals surface area contributed by atoms with E-state index in [1.54, 1.807) is 18.4 Å². The van der Waals surface area contributed by atoms with Crippen molar-refractivity contribution in [2.24, 2.45) is 5.73 Å². The largest absolute Gasteiger partial charge is 0.496 e. The molecule has 1 unspecified atom stereocenters. The number of pyridine rings is 1. The molecular weight excluding hydrogens is 324 g/mol. The van der Waals surface area contributed by atoms with Gasteiger partial charge >= 0.3 is 0 Å². The number of halogens is 1. The van der Waals surface area contributed by atoms with Gasteiger partial charge in [0.05, 0.1) is 7.11 Å². The molecule has 0 radical (unpaired) electrons. The second kappa shape index (κ2) is 6.03. The molecule has 0 aliphatic heterocycles. The van der Waals surface area contributed by atoms with Crippen LogP contribution in [0.25, 0.3) is 0 Å². The maximum absolute atomic E-state index is 6.25. The van der Waals surface area contributed by atoms with Crippen molar-refractivity contribution >= 4 is 27.3 Å². The molecule has 0 spiro atoms. The minimum Gasteiger partial charge on any atom is -0.496 e. The van der Waals surface area contributed by atoms with E-state index in [1.807, 2.05) is 25.4 Å². The van der Waals surface area contributed by atoms with Gasteiger partial charge in [-0.3, -0.25) is 4.98 Å². The highest BCUT2D eigenvalue weighted by Crippen LogP contribution is 2.29. The second-order valence-corrected chi connectivity index (χ2v) is 6.38. The lowest BCUT2D eigenvalue weighted by Crippen LogP contribution is -2.14. The Balaban J connectivity index is 2.24. The number of methoxy groups -OCH3 is 1. The van der Waals surface area contributed by atoms with E-state index < -0.39 is 0 Å². The molecule has 2 aromatic rings. The van der Waals surface area contributed by atoms with Crippen molar-refractivity contribution in [2.45, 2.75) is 26.3 Å². The topological polar surface area (TPSA) is 48.1 Å². The quantitative estimate of drug-likeness (QED) is 0.921. The van der Waals surface area contributed by atoms with Crippen molar-refractivity contribution < 1.29 is 4.74 Å². The van der Waals surface area contributed by atoms with E-state index in [4.69, 9.17) is 10.5 Å². The SMILES string of the molecule is COc1c(C)cnc(CC(N)c2cc(Br)cs2)c1C. The summed E-state index contributed by atoms with van der Waals surface area (Å²) in [5.74, 6) is 0.907. The molecule has 0 aliphatic rings. The van der Waals surface area contributed by atoms with Gasteiger partial charge in [0, 0.05) is 50.2 Å². The number of nitrogens with zero attached hydrogens (tertiary/aromatic N) is 1. The van der Waals surface area contributed by atoms with Crippen LogP contribution >= 0.6 is 27.3 Å². The van der Waals surface area contributed by atoms with Gasteiger partial charge in [0.15, 0.2) is 0 Å². The van der Waals surface area contributed by atoms with Crippen molar-refractivity contribution in [1.29, 1.82) is 0 Å². The molecule has 0 aromatic carbocycles. The molecule has 102 valence electrons. The summed E-state index contributed by atoms with van der Waals surface area (Å²) in [6.07, 6.45) is 2.56. The number of nitrogens with two attached hydrogens (primary N) is 1. The minimum atomic E-state index is -0.0325. The van der Waals surface area contributed by atoms with Crippen LogP contribution in [0.5, 0.6) is 5.75 Å². The zero-order valence-electron chi connectivity index (χ0n) is 11.2. The summed E-state index contributed by atoms with van der Waals surface area (Å²) >= 11 is 5.12. The monoisotopic (exact) mass is 340 g/mol. The third-order valence-electron chi connectivity index (χ3n) is 3.12. The Morgan fingerprint density at radius 2 is 2.21 bits per heavy atom. The van der Waals surface area contributed by atoms with Crippen LogP contribution < -0.4 is 10.5 Å². The fourth-order valence-electron chi connectivity index (χ4n) is 2.11. The first-order valence-corrected chi connectivity index (χ1v) is 7.68. The molecule has 19 heavy (non-hydrogen) atoms. The number of thiophene rings is 1. The standard InChI is InChI=1S/C14H17BrN2OS/c1-8-6-17-12(9(2)14(8)18-3)5-11(16)13-4-10(15)7-19-13/h4,6-7,11H,5,16H2,1-3H3. The Morgan fingerprint density at radius 1 is 1.47 bits per heavy atom. The average molecular weight is 341 g/mol. The minimum absolute atomic E-state index is 0.0325. The van der Waals surface area contributed by atoms with Gasteiger partial charge in [0.25, 0.3) is 0 Å². The predicted octanol–water partition coefficient (Wildman–Crippen LogP) is 3.77. The Hall–Kier alpha value is -0.910. The molecule has 2 N–H and O–H groups in total. The average Bonchev–Trinajstić information content (AvgIpc) is 2.80. The molecule has 3 nitrogen and oxygen atoms in total. The first-order chi connectivity index (χ1) is 9.02. The summed E-state index contributed by atoms with van der Waals surface area (Å²) in [5.41, 5.74) is 9.38. The summed E-state index contributed by atoms with van der Waals surface area (Å²) in [4.78, 5) is 5.65. The number of hydrogen-bond donors (Lipinski definition) is 1. The Bertz CT molecular complexity index is 583. The van der Waals surface area contributed by atoms with Gasteiger partial charge in [-0.15, -0.1) is 11.3 Å². The molecule has 0 aliphatic carbocycles. The zero-order chi connectivity index (χ0) is 14.0. The van der Waals surface area contributed by atoms with Gasteiger partial charge in [-0.25, -0.2) is 0 Å². The molecule has 0 fully saturated rings. The summed E-state index contributed by atoms with van der Waals surface area (Å²) in [7, 11) is 1.69. The zero-order valence-corrected chi connectivity index (χ0v) is 13.6. The van der Waals surface area contributed by atoms with E-state index in [9.17, 15) is 0 Å². The van der Waals surface area contributed by atoms with Crippen molar-refractivity contribution in [2.75, 3.05) is 7.11 Å². The maximum atomic E-state index is 6.25. The van der Waals surface area contributed by atoms with E-state index in [-0.39, 0.29) is 6.04 Å². The van der Waals surface area contributed by atoms with Crippen molar-refractivity contribution in [3.05, 3.63) is 43.8 Å². The number of hydrogen-bond acceptors (Lipinski definition) is 4. The van der Waals surface area contributed by atoms with E-state index >= 15 is 0 Å². The normalized spacial score (nSPS) is 12.5. The van der Waals surface area contributed by atoms with Crippen LogP contribution in [0.3, 0.4) is 0 Å². The fourth-order valence-corrected chi connectivity index (χ4v) is 3.56. The number of aromatic nitrogens is 1. The highest BCUT2D eigenvalue weighted by atomic mass is 79.9. The molecule has 1 atom stereocenters. The number of aryl methyl sites for hydroxylation is 1. The van der Waals surface area contributed by atoms with Crippen LogP contribution in [0.4, 0.5) is 0 Å². The second-order valence-electron chi connectivity index (χ2n) is 4.52. The summed E-state index contributed by atoms with van der Waals surface area (Å²) in [6, 6.07) is 2.03. The van der Waals surface area contributed by atoms with E-state index in [0.29, 0.717) is 0 Å². The van der Waals surface area contributed by atoms with Gasteiger partial charge in [0.2, 0.25) is 0 Å². The lowest BCUT2D eigenvalue weighted by molar-refractivity contribution is 0.406. The van der Waals surface area contributed by atoms with Crippen molar-refractivity contribution in [3.8, 4) is 5.75 Å². The van der Waals surface area contributed by atoms with Gasteiger partial charge in [-0.05, 0) is 35.8 Å². The molecule has 2 heterocycles. The van der Waals surface area contributed by atoms with Gasteiger partial charge in [-0.2, -0.15) is 0 Å². The smallest absolute Gasteiger partial charge is 0.128 e. The Morgan fingerprint density at radius 3 is 2.79 bits per heavy atom. The molecular formula is C14H17BrN2OS. The predicted molar refractivity (Wildman–Crippen MR) is 82.9 cm³/mol. The molecule has 2 aromatic heterocycles. The Kier molecular flexibility index (Phi) is 4.60. The summed E-state index contributed by atoms with van der Waals surface area (Å²) in [5, 5.41) is 2.05. The van der Waals surface area contributed by atoms with Gasteiger partial charge < -0.3 is 10.5 Å². The summed E-state index contributed by atoms with van der Waals surface area (Å²) < 4.78 is 6.50. The molecule has 0 bridgehead atoms. The Labute approximate surface area is 125 Å². The first-order valence-electron chi connectivity index (χ1n) is 6.01. The van der Waals surface area contributed by atoms with Crippen molar-refractivity contribution in [3.63, 3.8) is 0 Å². The molecule has 0 amide bonds. The first kappa shape index (κ1) is 14.5. The maximum Gasteiger partial charge on any atom is 0.128 e. The van der Waals surface area contributed by atoms with Gasteiger partial charge in [-0.1, -0.05) is 0 Å². The molecule has 5 heteroatoms. The number of rotatable bonds is 4. The van der Waals surface area contributed by atoms with Crippen LogP contribution in [0.2, 0.25) is 0 Å². The van der Waals surface area contributed by atoms with E-state index in [0.717, 1.165) is 38.3 Å². The van der Waals surface area contributed by atoms with Crippen LogP contribution in [0.1, 0.15) is 27.7 Å². The highest BCUT2D eigenvalue weighted by Gasteiger charge is 2.15. The molecule has 0 saturated heterocycles. The van der Waals surface area contributed by atoms with Crippen LogP contribution in [0.15, 0.2) is 22.1 Å². The lowest BCUT2D eigenvalue weighted by Gasteiger charge is -2.15. The molecule has 2 rings (SSSR count). The van der Waals surface area contributed by atoms with Gasteiger partial charge in [0.1, 0.15) is 5.75 Å². The third kappa shape index (κ3) is 3.16. The van der Waals surface area contributed by atoms with Crippen LogP contribution in [0, 0.1) is 13.8 Å². The van der Waals surface area contributed by atoms with Crippen LogP contribution in [-0.2, 0) is 6.42 Å². The van der Waals surface area contributed by atoms with Crippen LogP contribution in [-0.4, -0.2) is 12.1 Å². The lowest BCUT2D eigenvalue weighted by atomic mass is 10.0. The fraction of sp³-hybridized carbons (Fsp3) is 0.357. The third-order valence-corrected chi connectivity index (χ3v) is 4.94. The highest BCUT2D eigenvalue weighted by molar-refractivity contribution is 9.10. The number of ether oxygens (including phenoxy) is 1. The van der Waals surface area contributed by atoms with Crippen molar-refractivity contribution in [1.82, 2.24) is 4.98 Å².